The lowest BCUT2D eigenvalue weighted by atomic mass is 10.2. The first-order chi connectivity index (χ1) is 12.3. The van der Waals surface area contributed by atoms with Gasteiger partial charge >= 0.3 is 0 Å². The van der Waals surface area contributed by atoms with Gasteiger partial charge in [0.15, 0.2) is 0 Å². The van der Waals surface area contributed by atoms with Crippen LogP contribution in [0.2, 0.25) is 0 Å². The molecule has 0 bridgehead atoms. The van der Waals surface area contributed by atoms with Crippen LogP contribution in [0.3, 0.4) is 0 Å². The first-order valence-electron chi connectivity index (χ1n) is 9.12. The molecule has 2 heterocycles. The van der Waals surface area contributed by atoms with E-state index >= 15 is 0 Å². The first kappa shape index (κ1) is 18.3. The number of carbonyl (C=O) groups excluding carboxylic acids is 1. The summed E-state index contributed by atoms with van der Waals surface area (Å²) in [4.78, 5) is 16.5. The van der Waals surface area contributed by atoms with E-state index in [0.29, 0.717) is 26.2 Å². The van der Waals surface area contributed by atoms with Gasteiger partial charge in [-0.2, -0.15) is 0 Å². The third kappa shape index (κ3) is 6.06. The van der Waals surface area contributed by atoms with Crippen molar-refractivity contribution in [2.45, 2.75) is 44.6 Å². The Bertz CT molecular complexity index is 634. The number of amides is 1. The molecule has 0 saturated carbocycles. The molecule has 1 fully saturated rings. The van der Waals surface area contributed by atoms with Crippen LogP contribution in [0.5, 0.6) is 0 Å². The van der Waals surface area contributed by atoms with Crippen LogP contribution in [0, 0.1) is 0 Å². The van der Waals surface area contributed by atoms with E-state index in [4.69, 9.17) is 9.47 Å². The lowest BCUT2D eigenvalue weighted by Crippen LogP contribution is -2.25. The van der Waals surface area contributed by atoms with Crippen LogP contribution in [0.25, 0.3) is 10.2 Å². The van der Waals surface area contributed by atoms with Crippen molar-refractivity contribution in [1.29, 1.82) is 0 Å². The van der Waals surface area contributed by atoms with E-state index in [0.717, 1.165) is 49.2 Å². The summed E-state index contributed by atoms with van der Waals surface area (Å²) in [5, 5.41) is 4.06. The highest BCUT2D eigenvalue weighted by Crippen LogP contribution is 2.22. The summed E-state index contributed by atoms with van der Waals surface area (Å²) >= 11 is 1.72. The number of nitrogens with zero attached hydrogens (tertiary/aromatic N) is 1. The molecule has 1 aromatic heterocycles. The van der Waals surface area contributed by atoms with E-state index in [2.05, 4.69) is 16.4 Å². The minimum Gasteiger partial charge on any atom is -0.379 e. The van der Waals surface area contributed by atoms with E-state index in [1.807, 2.05) is 18.2 Å². The normalized spacial score (nSPS) is 17.2. The van der Waals surface area contributed by atoms with Gasteiger partial charge in [-0.1, -0.05) is 12.1 Å². The van der Waals surface area contributed by atoms with Crippen LogP contribution in [-0.2, 0) is 20.7 Å². The molecule has 1 aliphatic rings. The number of ether oxygens (including phenoxy) is 2. The highest BCUT2D eigenvalue weighted by Gasteiger charge is 2.14. The van der Waals surface area contributed by atoms with Crippen molar-refractivity contribution in [1.82, 2.24) is 10.3 Å². The lowest BCUT2D eigenvalue weighted by molar-refractivity contribution is -0.121. The van der Waals surface area contributed by atoms with Crippen LogP contribution in [0.15, 0.2) is 24.3 Å². The van der Waals surface area contributed by atoms with Gasteiger partial charge in [-0.15, -0.1) is 11.3 Å². The highest BCUT2D eigenvalue weighted by atomic mass is 32.1. The van der Waals surface area contributed by atoms with Gasteiger partial charge in [0.2, 0.25) is 5.91 Å². The fourth-order valence-electron chi connectivity index (χ4n) is 2.91. The fraction of sp³-hybridized carbons (Fsp3) is 0.579. The maximum atomic E-state index is 11.9. The number of aryl methyl sites for hydroxylation is 1. The SMILES string of the molecule is O=C(CCCc1nc2ccccc2s1)NCCCOCC1CCCO1. The molecule has 1 atom stereocenters. The molecule has 0 radical (unpaired) electrons. The van der Waals surface area contributed by atoms with Gasteiger partial charge in [-0.3, -0.25) is 4.79 Å². The highest BCUT2D eigenvalue weighted by molar-refractivity contribution is 7.18. The number of carbonyl (C=O) groups is 1. The van der Waals surface area contributed by atoms with Gasteiger partial charge in [0.1, 0.15) is 0 Å². The van der Waals surface area contributed by atoms with Crippen LogP contribution in [-0.4, -0.2) is 43.4 Å². The van der Waals surface area contributed by atoms with E-state index in [9.17, 15) is 4.79 Å². The summed E-state index contributed by atoms with van der Waals surface area (Å²) in [5.74, 6) is 0.111. The van der Waals surface area contributed by atoms with Gasteiger partial charge in [-0.25, -0.2) is 4.98 Å². The molecule has 2 aromatic rings. The van der Waals surface area contributed by atoms with Crippen molar-refractivity contribution in [3.63, 3.8) is 0 Å². The molecule has 1 aromatic carbocycles. The van der Waals surface area contributed by atoms with E-state index in [-0.39, 0.29) is 12.0 Å². The Morgan fingerprint density at radius 3 is 3.12 bits per heavy atom. The lowest BCUT2D eigenvalue weighted by Gasteiger charge is -2.10. The van der Waals surface area contributed by atoms with Gasteiger partial charge in [0.25, 0.3) is 0 Å². The molecule has 3 rings (SSSR count). The molecule has 1 saturated heterocycles. The summed E-state index contributed by atoms with van der Waals surface area (Å²) in [6.07, 6.45) is 5.60. The molecular weight excluding hydrogens is 336 g/mol. The molecule has 25 heavy (non-hydrogen) atoms. The van der Waals surface area contributed by atoms with Gasteiger partial charge in [-0.05, 0) is 44.2 Å². The minimum atomic E-state index is 0.111. The molecule has 1 N–H and O–H groups in total. The minimum absolute atomic E-state index is 0.111. The standard InChI is InChI=1S/C19H26N2O3S/c22-18(20-11-5-12-23-14-15-6-4-13-24-15)9-3-10-19-21-16-7-1-2-8-17(16)25-19/h1-2,7-8,15H,3-6,9-14H2,(H,20,22). The Morgan fingerprint density at radius 2 is 2.28 bits per heavy atom. The zero-order valence-corrected chi connectivity index (χ0v) is 15.4. The van der Waals surface area contributed by atoms with Gasteiger partial charge in [0, 0.05) is 26.2 Å². The third-order valence-corrected chi connectivity index (χ3v) is 5.34. The summed E-state index contributed by atoms with van der Waals surface area (Å²) in [5.41, 5.74) is 1.05. The van der Waals surface area contributed by atoms with Crippen LogP contribution in [0.4, 0.5) is 0 Å². The topological polar surface area (TPSA) is 60.5 Å². The number of benzene rings is 1. The van der Waals surface area contributed by atoms with Crippen molar-refractivity contribution in [2.75, 3.05) is 26.4 Å². The fourth-order valence-corrected chi connectivity index (χ4v) is 3.92. The number of fused-ring (bicyclic) bond motifs is 1. The van der Waals surface area contributed by atoms with Crippen LogP contribution < -0.4 is 5.32 Å². The number of thiazole rings is 1. The molecule has 6 heteroatoms. The summed E-state index contributed by atoms with van der Waals surface area (Å²) in [6, 6.07) is 8.15. The van der Waals surface area contributed by atoms with Crippen molar-refractivity contribution in [3.8, 4) is 0 Å². The number of para-hydroxylation sites is 1. The predicted molar refractivity (Wildman–Crippen MR) is 100.0 cm³/mol. The summed E-state index contributed by atoms with van der Waals surface area (Å²) in [7, 11) is 0. The second-order valence-corrected chi connectivity index (χ2v) is 7.46. The predicted octanol–water partition coefficient (Wildman–Crippen LogP) is 3.32. The Morgan fingerprint density at radius 1 is 1.36 bits per heavy atom. The summed E-state index contributed by atoms with van der Waals surface area (Å²) < 4.78 is 12.3. The zero-order valence-electron chi connectivity index (χ0n) is 14.5. The maximum absolute atomic E-state index is 11.9. The first-order valence-corrected chi connectivity index (χ1v) is 9.93. The van der Waals surface area contributed by atoms with Crippen LogP contribution in [0.1, 0.15) is 37.1 Å². The van der Waals surface area contributed by atoms with E-state index in [1.165, 1.54) is 4.70 Å². The molecule has 0 aliphatic carbocycles. The van der Waals surface area contributed by atoms with Gasteiger partial charge in [0.05, 0.1) is 27.9 Å². The molecule has 5 nitrogen and oxygen atoms in total. The average molecular weight is 362 g/mol. The number of hydrogen-bond acceptors (Lipinski definition) is 5. The number of rotatable bonds is 10. The second kappa shape index (κ2) is 9.85. The Balaban J connectivity index is 1.22. The van der Waals surface area contributed by atoms with Gasteiger partial charge < -0.3 is 14.8 Å². The number of hydrogen-bond donors (Lipinski definition) is 1. The van der Waals surface area contributed by atoms with Crippen molar-refractivity contribution >= 4 is 27.5 Å². The van der Waals surface area contributed by atoms with Crippen LogP contribution >= 0.6 is 11.3 Å². The quantitative estimate of drug-likeness (QED) is 0.659. The molecule has 1 amide bonds. The van der Waals surface area contributed by atoms with E-state index < -0.39 is 0 Å². The number of aromatic nitrogens is 1. The molecule has 136 valence electrons. The van der Waals surface area contributed by atoms with Crippen molar-refractivity contribution < 1.29 is 14.3 Å². The monoisotopic (exact) mass is 362 g/mol. The Hall–Kier alpha value is -1.50. The molecule has 1 aliphatic heterocycles. The Labute approximate surface area is 152 Å². The Kier molecular flexibility index (Phi) is 7.21. The third-order valence-electron chi connectivity index (χ3n) is 4.25. The maximum Gasteiger partial charge on any atom is 0.220 e. The molecular formula is C19H26N2O3S. The average Bonchev–Trinajstić information content (AvgIpc) is 3.27. The smallest absolute Gasteiger partial charge is 0.220 e. The zero-order chi connectivity index (χ0) is 17.3. The van der Waals surface area contributed by atoms with Crippen molar-refractivity contribution in [2.24, 2.45) is 0 Å². The van der Waals surface area contributed by atoms with E-state index in [1.54, 1.807) is 11.3 Å². The largest absolute Gasteiger partial charge is 0.379 e. The number of nitrogens with one attached hydrogen (secondary N) is 1. The summed E-state index contributed by atoms with van der Waals surface area (Å²) in [6.45, 7) is 2.88. The van der Waals surface area contributed by atoms with Crippen molar-refractivity contribution in [3.05, 3.63) is 29.3 Å². The molecule has 1 unspecified atom stereocenters. The second-order valence-electron chi connectivity index (χ2n) is 6.34. The molecule has 0 spiro atoms.